The maximum Gasteiger partial charge on any atom is 0.329 e. The smallest absolute Gasteiger partial charge is 0.329 e. The number of carbonyl (C=O) groups is 3. The van der Waals surface area contributed by atoms with E-state index in [9.17, 15) is 14.4 Å². The van der Waals surface area contributed by atoms with Crippen molar-refractivity contribution >= 4 is 28.7 Å². The second-order valence-electron chi connectivity index (χ2n) is 8.69. The Morgan fingerprint density at radius 2 is 1.88 bits per heavy atom. The molecular weight excluding hydrogens is 410 g/mol. The first kappa shape index (κ1) is 23.1. The van der Waals surface area contributed by atoms with E-state index >= 15 is 0 Å². The summed E-state index contributed by atoms with van der Waals surface area (Å²) in [4.78, 5) is 41.3. The lowest BCUT2D eigenvalue weighted by Gasteiger charge is -2.25. The van der Waals surface area contributed by atoms with Crippen LogP contribution in [-0.4, -0.2) is 50.2 Å². The molecule has 1 aromatic carbocycles. The van der Waals surface area contributed by atoms with E-state index in [2.05, 4.69) is 20.7 Å². The van der Waals surface area contributed by atoms with Gasteiger partial charge in [0.25, 0.3) is 5.91 Å². The number of nitrogens with one attached hydrogen (secondary N) is 3. The lowest BCUT2D eigenvalue weighted by atomic mass is 10.0. The lowest BCUT2D eigenvalue weighted by molar-refractivity contribution is -0.158. The van der Waals surface area contributed by atoms with Crippen molar-refractivity contribution in [3.63, 3.8) is 0 Å². The molecule has 0 aliphatic rings. The Balaban J connectivity index is 1.75. The number of para-hydroxylation sites is 1. The van der Waals surface area contributed by atoms with Gasteiger partial charge in [0.15, 0.2) is 0 Å². The zero-order chi connectivity index (χ0) is 23.5. The number of hydrogen-bond acceptors (Lipinski definition) is 5. The topological polar surface area (TPSA) is 118 Å². The SMILES string of the molecule is CC(NC(=O)c1ccnn1C)C(=O)NC(Cc1c[nH]c2ccccc12)C(=O)OC(C)(C)C. The molecule has 9 heteroatoms. The first-order chi connectivity index (χ1) is 15.0. The molecule has 2 unspecified atom stereocenters. The van der Waals surface area contributed by atoms with E-state index in [1.54, 1.807) is 40.8 Å². The number of carbonyl (C=O) groups excluding carboxylic acids is 3. The van der Waals surface area contributed by atoms with Crippen LogP contribution in [0.15, 0.2) is 42.7 Å². The molecule has 0 radical (unpaired) electrons. The number of fused-ring (bicyclic) bond motifs is 1. The molecule has 0 bridgehead atoms. The standard InChI is InChI=1S/C23H29N5O4/c1-14(26-21(30)19-10-11-25-28(19)5)20(29)27-18(22(31)32-23(2,3)4)12-15-13-24-17-9-7-6-8-16(15)17/h6-11,13-14,18,24H,12H2,1-5H3,(H,26,30)(H,27,29). The minimum absolute atomic E-state index is 0.243. The van der Waals surface area contributed by atoms with E-state index in [0.29, 0.717) is 5.69 Å². The zero-order valence-electron chi connectivity index (χ0n) is 18.9. The van der Waals surface area contributed by atoms with Crippen molar-refractivity contribution in [2.24, 2.45) is 7.05 Å². The van der Waals surface area contributed by atoms with Gasteiger partial charge in [-0.15, -0.1) is 0 Å². The molecule has 2 atom stereocenters. The molecule has 0 spiro atoms. The van der Waals surface area contributed by atoms with Crippen molar-refractivity contribution < 1.29 is 19.1 Å². The van der Waals surface area contributed by atoms with Gasteiger partial charge in [0.05, 0.1) is 0 Å². The van der Waals surface area contributed by atoms with Crippen molar-refractivity contribution in [2.75, 3.05) is 0 Å². The summed E-state index contributed by atoms with van der Waals surface area (Å²) < 4.78 is 6.95. The number of esters is 1. The fraction of sp³-hybridized carbons (Fsp3) is 0.391. The molecule has 3 aromatic rings. The van der Waals surface area contributed by atoms with Crippen LogP contribution >= 0.6 is 0 Å². The average molecular weight is 440 g/mol. The molecule has 170 valence electrons. The second-order valence-corrected chi connectivity index (χ2v) is 8.69. The van der Waals surface area contributed by atoms with Crippen molar-refractivity contribution in [3.8, 4) is 0 Å². The molecule has 0 saturated carbocycles. The Labute approximate surface area is 186 Å². The van der Waals surface area contributed by atoms with Gasteiger partial charge in [-0.2, -0.15) is 5.10 Å². The minimum atomic E-state index is -0.919. The van der Waals surface area contributed by atoms with Gasteiger partial charge in [-0.1, -0.05) is 18.2 Å². The van der Waals surface area contributed by atoms with Crippen LogP contribution in [0.2, 0.25) is 0 Å². The van der Waals surface area contributed by atoms with Crippen molar-refractivity contribution in [1.82, 2.24) is 25.4 Å². The first-order valence-corrected chi connectivity index (χ1v) is 10.4. The van der Waals surface area contributed by atoms with Gasteiger partial charge in [-0.25, -0.2) is 4.79 Å². The van der Waals surface area contributed by atoms with Gasteiger partial charge >= 0.3 is 5.97 Å². The van der Waals surface area contributed by atoms with E-state index < -0.39 is 35.5 Å². The number of nitrogens with zero attached hydrogens (tertiary/aromatic N) is 2. The fourth-order valence-electron chi connectivity index (χ4n) is 3.32. The number of hydrogen-bond donors (Lipinski definition) is 3. The largest absolute Gasteiger partial charge is 0.458 e. The van der Waals surface area contributed by atoms with E-state index in [0.717, 1.165) is 16.5 Å². The molecular formula is C23H29N5O4. The van der Waals surface area contributed by atoms with Gasteiger partial charge in [0, 0.05) is 36.8 Å². The highest BCUT2D eigenvalue weighted by molar-refractivity contribution is 5.97. The Hall–Kier alpha value is -3.62. The molecule has 3 rings (SSSR count). The maximum atomic E-state index is 12.9. The number of aryl methyl sites for hydroxylation is 1. The highest BCUT2D eigenvalue weighted by Crippen LogP contribution is 2.20. The van der Waals surface area contributed by atoms with E-state index in [1.807, 2.05) is 30.5 Å². The monoisotopic (exact) mass is 439 g/mol. The van der Waals surface area contributed by atoms with Gasteiger partial charge in [0.2, 0.25) is 5.91 Å². The third-order valence-corrected chi connectivity index (χ3v) is 4.90. The third-order valence-electron chi connectivity index (χ3n) is 4.90. The van der Waals surface area contributed by atoms with Crippen molar-refractivity contribution in [2.45, 2.75) is 51.8 Å². The highest BCUT2D eigenvalue weighted by atomic mass is 16.6. The summed E-state index contributed by atoms with van der Waals surface area (Å²) in [6, 6.07) is 7.49. The van der Waals surface area contributed by atoms with Crippen LogP contribution in [0.5, 0.6) is 0 Å². The molecule has 0 fully saturated rings. The summed E-state index contributed by atoms with van der Waals surface area (Å²) in [5, 5.41) is 10.3. The van der Waals surface area contributed by atoms with E-state index in [4.69, 9.17) is 4.74 Å². The number of ether oxygens (including phenoxy) is 1. The van der Waals surface area contributed by atoms with Crippen LogP contribution in [0.4, 0.5) is 0 Å². The van der Waals surface area contributed by atoms with Crippen LogP contribution < -0.4 is 10.6 Å². The summed E-state index contributed by atoms with van der Waals surface area (Å²) >= 11 is 0. The van der Waals surface area contributed by atoms with E-state index in [-0.39, 0.29) is 6.42 Å². The van der Waals surface area contributed by atoms with Crippen LogP contribution in [0, 0.1) is 0 Å². The molecule has 32 heavy (non-hydrogen) atoms. The summed E-state index contributed by atoms with van der Waals surface area (Å²) in [5.74, 6) is -1.46. The van der Waals surface area contributed by atoms with Crippen molar-refractivity contribution in [3.05, 3.63) is 54.0 Å². The predicted octanol–water partition coefficient (Wildman–Crippen LogP) is 2.09. The lowest BCUT2D eigenvalue weighted by Crippen LogP contribution is -2.52. The summed E-state index contributed by atoms with van der Waals surface area (Å²) in [6.07, 6.45) is 3.56. The van der Waals surface area contributed by atoms with Crippen molar-refractivity contribution in [1.29, 1.82) is 0 Å². The Morgan fingerprint density at radius 1 is 1.16 bits per heavy atom. The third kappa shape index (κ3) is 5.54. The van der Waals surface area contributed by atoms with E-state index in [1.165, 1.54) is 10.9 Å². The molecule has 9 nitrogen and oxygen atoms in total. The Morgan fingerprint density at radius 3 is 2.53 bits per heavy atom. The second kappa shape index (κ2) is 9.25. The molecule has 2 heterocycles. The number of amides is 2. The van der Waals surface area contributed by atoms with Crippen LogP contribution in [-0.2, 0) is 27.8 Å². The minimum Gasteiger partial charge on any atom is -0.458 e. The van der Waals surface area contributed by atoms with Gasteiger partial charge in [0.1, 0.15) is 23.4 Å². The average Bonchev–Trinajstić information content (AvgIpc) is 3.32. The predicted molar refractivity (Wildman–Crippen MR) is 120 cm³/mol. The molecule has 2 amide bonds. The zero-order valence-corrected chi connectivity index (χ0v) is 18.9. The first-order valence-electron chi connectivity index (χ1n) is 10.4. The maximum absolute atomic E-state index is 12.9. The van der Waals surface area contributed by atoms with Crippen LogP contribution in [0.3, 0.4) is 0 Å². The Kier molecular flexibility index (Phi) is 6.67. The highest BCUT2D eigenvalue weighted by Gasteiger charge is 2.29. The van der Waals surface area contributed by atoms with Crippen LogP contribution in [0.25, 0.3) is 10.9 Å². The number of rotatable bonds is 7. The summed E-state index contributed by atoms with van der Waals surface area (Å²) in [7, 11) is 1.64. The summed E-state index contributed by atoms with van der Waals surface area (Å²) in [5.41, 5.74) is 1.43. The molecule has 3 N–H and O–H groups in total. The van der Waals surface area contributed by atoms with Crippen LogP contribution in [0.1, 0.15) is 43.7 Å². The molecule has 0 aliphatic carbocycles. The fourth-order valence-corrected chi connectivity index (χ4v) is 3.32. The quantitative estimate of drug-likeness (QED) is 0.487. The summed E-state index contributed by atoms with van der Waals surface area (Å²) in [6.45, 7) is 6.87. The number of H-pyrrole nitrogens is 1. The van der Waals surface area contributed by atoms with Gasteiger partial charge in [-0.3, -0.25) is 14.3 Å². The number of aromatic amines is 1. The normalized spacial score (nSPS) is 13.4. The molecule has 0 aliphatic heterocycles. The number of aromatic nitrogens is 3. The van der Waals surface area contributed by atoms with Gasteiger partial charge < -0.3 is 20.4 Å². The number of benzene rings is 1. The molecule has 2 aromatic heterocycles. The van der Waals surface area contributed by atoms with Gasteiger partial charge in [-0.05, 0) is 45.4 Å². The molecule has 0 saturated heterocycles. The Bertz CT molecular complexity index is 1120.